The monoisotopic (exact) mass is 395 g/mol. The van der Waals surface area contributed by atoms with Crippen LogP contribution in [0.4, 0.5) is 0 Å². The van der Waals surface area contributed by atoms with Crippen molar-refractivity contribution in [2.24, 2.45) is 0 Å². The molecule has 0 aliphatic rings. The molecule has 0 saturated carbocycles. The molecule has 29 heavy (non-hydrogen) atoms. The molecule has 1 aromatic heterocycles. The number of benzene rings is 2. The van der Waals surface area contributed by atoms with Gasteiger partial charge in [-0.15, -0.1) is 0 Å². The van der Waals surface area contributed by atoms with Gasteiger partial charge in [0.05, 0.1) is 19.8 Å². The van der Waals surface area contributed by atoms with Crippen molar-refractivity contribution >= 4 is 11.9 Å². The summed E-state index contributed by atoms with van der Waals surface area (Å²) in [5.41, 5.74) is 1.30. The van der Waals surface area contributed by atoms with E-state index in [9.17, 15) is 9.59 Å². The average molecular weight is 395 g/mol. The van der Waals surface area contributed by atoms with Gasteiger partial charge in [0, 0.05) is 6.54 Å². The van der Waals surface area contributed by atoms with E-state index in [1.165, 1.54) is 7.11 Å². The second-order valence-corrected chi connectivity index (χ2v) is 6.08. The van der Waals surface area contributed by atoms with Crippen LogP contribution in [-0.2, 0) is 17.9 Å². The number of methoxy groups -OCH3 is 2. The van der Waals surface area contributed by atoms with Crippen LogP contribution in [0.25, 0.3) is 0 Å². The highest BCUT2D eigenvalue weighted by molar-refractivity contribution is 5.91. The van der Waals surface area contributed by atoms with Gasteiger partial charge in [-0.25, -0.2) is 4.79 Å². The molecule has 1 N–H and O–H groups in total. The van der Waals surface area contributed by atoms with Gasteiger partial charge >= 0.3 is 5.97 Å². The maximum Gasteiger partial charge on any atom is 0.337 e. The topological polar surface area (TPSA) is 87.0 Å². The summed E-state index contributed by atoms with van der Waals surface area (Å²) in [7, 11) is 2.90. The number of hydrogen-bond donors (Lipinski definition) is 1. The van der Waals surface area contributed by atoms with E-state index in [2.05, 4.69) is 10.1 Å². The lowest BCUT2D eigenvalue weighted by Gasteiger charge is -2.08. The Hall–Kier alpha value is -3.74. The maximum atomic E-state index is 12.3. The number of amides is 1. The summed E-state index contributed by atoms with van der Waals surface area (Å²) in [5.74, 6) is 1.17. The van der Waals surface area contributed by atoms with Gasteiger partial charge in [-0.1, -0.05) is 24.3 Å². The van der Waals surface area contributed by atoms with Crippen LogP contribution >= 0.6 is 0 Å². The summed E-state index contributed by atoms with van der Waals surface area (Å²) >= 11 is 0. The molecule has 0 fully saturated rings. The predicted molar refractivity (Wildman–Crippen MR) is 105 cm³/mol. The van der Waals surface area contributed by atoms with Crippen molar-refractivity contribution in [3.05, 3.63) is 83.3 Å². The van der Waals surface area contributed by atoms with E-state index >= 15 is 0 Å². The molecule has 3 rings (SSSR count). The van der Waals surface area contributed by atoms with E-state index in [0.29, 0.717) is 29.4 Å². The first-order valence-electron chi connectivity index (χ1n) is 8.90. The molecule has 0 unspecified atom stereocenters. The van der Waals surface area contributed by atoms with E-state index < -0.39 is 5.97 Å². The van der Waals surface area contributed by atoms with Crippen LogP contribution in [0, 0.1) is 0 Å². The fraction of sp³-hybridized carbons (Fsp3) is 0.182. The molecule has 0 saturated heterocycles. The largest absolute Gasteiger partial charge is 0.493 e. The first-order valence-corrected chi connectivity index (χ1v) is 8.90. The lowest BCUT2D eigenvalue weighted by atomic mass is 10.1. The predicted octanol–water partition coefficient (Wildman–Crippen LogP) is 3.58. The van der Waals surface area contributed by atoms with Crippen LogP contribution in [0.3, 0.4) is 0 Å². The summed E-state index contributed by atoms with van der Waals surface area (Å²) in [6.07, 6.45) is 0. The molecule has 0 aliphatic heterocycles. The Morgan fingerprint density at radius 3 is 2.34 bits per heavy atom. The molecular formula is C22H21NO6. The Kier molecular flexibility index (Phi) is 6.52. The van der Waals surface area contributed by atoms with Crippen LogP contribution in [-0.4, -0.2) is 26.1 Å². The molecule has 0 spiro atoms. The van der Waals surface area contributed by atoms with Crippen molar-refractivity contribution in [3.8, 4) is 11.5 Å². The summed E-state index contributed by atoms with van der Waals surface area (Å²) in [6, 6.07) is 17.4. The second-order valence-electron chi connectivity index (χ2n) is 6.08. The summed E-state index contributed by atoms with van der Waals surface area (Å²) < 4.78 is 21.1. The lowest BCUT2D eigenvalue weighted by Crippen LogP contribution is -2.22. The van der Waals surface area contributed by atoms with Crippen LogP contribution in [0.15, 0.2) is 65.1 Å². The van der Waals surface area contributed by atoms with Gasteiger partial charge in [-0.3, -0.25) is 4.79 Å². The molecule has 0 bridgehead atoms. The molecule has 2 aromatic carbocycles. The molecule has 7 heteroatoms. The number of carbonyl (C=O) groups excluding carboxylic acids is 2. The number of esters is 1. The quantitative estimate of drug-likeness (QED) is 0.587. The van der Waals surface area contributed by atoms with E-state index in [1.54, 1.807) is 55.6 Å². The molecule has 150 valence electrons. The van der Waals surface area contributed by atoms with Gasteiger partial charge < -0.3 is 23.9 Å². The highest BCUT2D eigenvalue weighted by atomic mass is 16.5. The Labute approximate surface area is 168 Å². The SMILES string of the molecule is COC(=O)c1ccc(CNC(=O)c2ccc(COc3ccccc3OC)o2)cc1. The first-order chi connectivity index (χ1) is 14.1. The van der Waals surface area contributed by atoms with E-state index in [1.807, 2.05) is 12.1 Å². The summed E-state index contributed by atoms with van der Waals surface area (Å²) in [4.78, 5) is 23.7. The standard InChI is InChI=1S/C22H21NO6/c1-26-18-5-3-4-6-19(18)28-14-17-11-12-20(29-17)21(24)23-13-15-7-9-16(10-8-15)22(25)27-2/h3-12H,13-14H2,1-2H3,(H,23,24). The first kappa shape index (κ1) is 20.0. The van der Waals surface area contributed by atoms with Gasteiger partial charge in [0.2, 0.25) is 0 Å². The van der Waals surface area contributed by atoms with Gasteiger partial charge in [-0.05, 0) is 42.0 Å². The van der Waals surface area contributed by atoms with Crippen molar-refractivity contribution < 1.29 is 28.2 Å². The maximum absolute atomic E-state index is 12.3. The zero-order valence-corrected chi connectivity index (χ0v) is 16.1. The van der Waals surface area contributed by atoms with Gasteiger partial charge in [0.25, 0.3) is 5.91 Å². The number of furan rings is 1. The zero-order valence-electron chi connectivity index (χ0n) is 16.1. The van der Waals surface area contributed by atoms with E-state index in [0.717, 1.165) is 5.56 Å². The van der Waals surface area contributed by atoms with Crippen molar-refractivity contribution in [3.63, 3.8) is 0 Å². The number of carbonyl (C=O) groups is 2. The Morgan fingerprint density at radius 2 is 1.66 bits per heavy atom. The van der Waals surface area contributed by atoms with Crippen LogP contribution in [0.1, 0.15) is 32.2 Å². The molecule has 1 amide bonds. The van der Waals surface area contributed by atoms with Gasteiger partial charge in [-0.2, -0.15) is 0 Å². The number of ether oxygens (including phenoxy) is 3. The number of nitrogens with one attached hydrogen (secondary N) is 1. The molecule has 0 radical (unpaired) electrons. The Morgan fingerprint density at radius 1 is 0.931 bits per heavy atom. The third-order valence-electron chi connectivity index (χ3n) is 4.15. The lowest BCUT2D eigenvalue weighted by molar-refractivity contribution is 0.0600. The highest BCUT2D eigenvalue weighted by Gasteiger charge is 2.12. The second kappa shape index (κ2) is 9.45. The number of rotatable bonds is 8. The molecule has 3 aromatic rings. The number of para-hydroxylation sites is 2. The van der Waals surface area contributed by atoms with Crippen molar-refractivity contribution in [2.45, 2.75) is 13.2 Å². The minimum atomic E-state index is -0.404. The molecule has 0 atom stereocenters. The summed E-state index contributed by atoms with van der Waals surface area (Å²) in [5, 5.41) is 2.77. The van der Waals surface area contributed by atoms with Crippen LogP contribution in [0.2, 0.25) is 0 Å². The van der Waals surface area contributed by atoms with Crippen molar-refractivity contribution in [1.82, 2.24) is 5.32 Å². The van der Waals surface area contributed by atoms with Gasteiger partial charge in [0.15, 0.2) is 17.3 Å². The number of hydrogen-bond acceptors (Lipinski definition) is 6. The normalized spacial score (nSPS) is 10.3. The van der Waals surface area contributed by atoms with Gasteiger partial charge in [0.1, 0.15) is 12.4 Å². The average Bonchev–Trinajstić information content (AvgIpc) is 3.25. The molecular weight excluding hydrogens is 374 g/mol. The summed E-state index contributed by atoms with van der Waals surface area (Å²) in [6.45, 7) is 0.469. The molecule has 1 heterocycles. The Balaban J connectivity index is 1.53. The molecule has 0 aliphatic carbocycles. The van der Waals surface area contributed by atoms with Crippen molar-refractivity contribution in [1.29, 1.82) is 0 Å². The van der Waals surface area contributed by atoms with E-state index in [4.69, 9.17) is 13.9 Å². The van der Waals surface area contributed by atoms with Crippen LogP contribution < -0.4 is 14.8 Å². The van der Waals surface area contributed by atoms with E-state index in [-0.39, 0.29) is 18.3 Å². The smallest absolute Gasteiger partial charge is 0.337 e. The highest BCUT2D eigenvalue weighted by Crippen LogP contribution is 2.26. The minimum absolute atomic E-state index is 0.169. The third-order valence-corrected chi connectivity index (χ3v) is 4.15. The van der Waals surface area contributed by atoms with Crippen molar-refractivity contribution in [2.75, 3.05) is 14.2 Å². The van der Waals surface area contributed by atoms with Crippen LogP contribution in [0.5, 0.6) is 11.5 Å². The Bertz CT molecular complexity index is 977. The fourth-order valence-corrected chi connectivity index (χ4v) is 2.61. The third kappa shape index (κ3) is 5.16. The fourth-order valence-electron chi connectivity index (χ4n) is 2.61. The minimum Gasteiger partial charge on any atom is -0.493 e. The molecule has 7 nitrogen and oxygen atoms in total. The zero-order chi connectivity index (χ0) is 20.6.